The Morgan fingerprint density at radius 2 is 0.962 bits per heavy atom. The molecule has 0 aromatic heterocycles. The lowest BCUT2D eigenvalue weighted by atomic mass is 9.93. The maximum absolute atomic E-state index is 12.4. The lowest BCUT2D eigenvalue weighted by Gasteiger charge is -2.12. The van der Waals surface area contributed by atoms with E-state index in [9.17, 15) is 4.79 Å². The van der Waals surface area contributed by atoms with Crippen molar-refractivity contribution < 1.29 is 19.3 Å². The molecular weight excluding hydrogens is 641 g/mol. The van der Waals surface area contributed by atoms with Crippen LogP contribution in [0.15, 0.2) is 109 Å². The van der Waals surface area contributed by atoms with Gasteiger partial charge in [-0.3, -0.25) is 0 Å². The standard InChI is InChI=1S/C25H26O4.C23H24/c1-16-6-8-21(12-18(16)3)15-27-29-23-10-11-24(20(5)14-23)28-25(26)22-9-7-17(2)19(4)13-22;1-15-6-8-20(12-17(15)3)21-10-11-23(19(5)14-21)22-9-7-16(2)18(4)13-22/h6-14H,15H2,1-5H3;6-14H,1-5H3. The van der Waals surface area contributed by atoms with E-state index < -0.39 is 0 Å². The second-order valence-corrected chi connectivity index (χ2v) is 14.0. The number of esters is 1. The van der Waals surface area contributed by atoms with Crippen LogP contribution in [0.4, 0.5) is 0 Å². The number of carbonyl (C=O) groups excluding carboxylic acids is 1. The van der Waals surface area contributed by atoms with Crippen LogP contribution >= 0.6 is 0 Å². The number of hydrogen-bond acceptors (Lipinski definition) is 4. The summed E-state index contributed by atoms with van der Waals surface area (Å²) in [5.41, 5.74) is 18.9. The summed E-state index contributed by atoms with van der Waals surface area (Å²) in [5.74, 6) is 0.669. The van der Waals surface area contributed by atoms with Gasteiger partial charge in [-0.15, -0.1) is 0 Å². The molecule has 0 amide bonds. The maximum atomic E-state index is 12.4. The first kappa shape index (κ1) is 37.8. The molecule has 0 saturated carbocycles. The Hall–Kier alpha value is -5.45. The Kier molecular flexibility index (Phi) is 12.1. The molecule has 0 aliphatic rings. The predicted octanol–water partition coefficient (Wildman–Crippen LogP) is 12.5. The first-order valence-electron chi connectivity index (χ1n) is 17.8. The van der Waals surface area contributed by atoms with E-state index in [0.717, 1.165) is 22.3 Å². The van der Waals surface area contributed by atoms with Crippen LogP contribution in [0, 0.1) is 69.2 Å². The summed E-state index contributed by atoms with van der Waals surface area (Å²) < 4.78 is 5.54. The zero-order valence-corrected chi connectivity index (χ0v) is 32.2. The van der Waals surface area contributed by atoms with Crippen LogP contribution in [0.2, 0.25) is 0 Å². The van der Waals surface area contributed by atoms with E-state index in [1.165, 1.54) is 61.2 Å². The van der Waals surface area contributed by atoms with Crippen LogP contribution in [0.1, 0.15) is 71.6 Å². The highest BCUT2D eigenvalue weighted by Gasteiger charge is 2.13. The first-order chi connectivity index (χ1) is 24.8. The Bertz CT molecular complexity index is 2230. The van der Waals surface area contributed by atoms with Crippen LogP contribution in [-0.2, 0) is 11.5 Å². The van der Waals surface area contributed by atoms with E-state index in [0.29, 0.717) is 23.7 Å². The third kappa shape index (κ3) is 9.45. The van der Waals surface area contributed by atoms with Crippen molar-refractivity contribution in [3.8, 4) is 33.8 Å². The first-order valence-corrected chi connectivity index (χ1v) is 17.8. The summed E-state index contributed by atoms with van der Waals surface area (Å²) in [5, 5.41) is 0. The molecule has 4 heteroatoms. The molecule has 6 aromatic carbocycles. The monoisotopic (exact) mass is 690 g/mol. The predicted molar refractivity (Wildman–Crippen MR) is 214 cm³/mol. The Labute approximate surface area is 310 Å². The van der Waals surface area contributed by atoms with Gasteiger partial charge in [0.1, 0.15) is 12.4 Å². The summed E-state index contributed by atoms with van der Waals surface area (Å²) in [6.07, 6.45) is 0. The fourth-order valence-corrected chi connectivity index (χ4v) is 5.87. The van der Waals surface area contributed by atoms with Crippen molar-refractivity contribution >= 4 is 5.97 Å². The van der Waals surface area contributed by atoms with Gasteiger partial charge in [-0.25, -0.2) is 4.79 Å². The van der Waals surface area contributed by atoms with Gasteiger partial charge in [-0.2, -0.15) is 4.89 Å². The molecule has 6 rings (SSSR count). The van der Waals surface area contributed by atoms with Gasteiger partial charge in [0.25, 0.3) is 0 Å². The third-order valence-corrected chi connectivity index (χ3v) is 9.93. The second-order valence-electron chi connectivity index (χ2n) is 14.0. The second kappa shape index (κ2) is 16.7. The van der Waals surface area contributed by atoms with Crippen LogP contribution in [0.3, 0.4) is 0 Å². The number of aryl methyl sites for hydroxylation is 10. The Morgan fingerprint density at radius 1 is 0.442 bits per heavy atom. The summed E-state index contributed by atoms with van der Waals surface area (Å²) in [6, 6.07) is 37.1. The van der Waals surface area contributed by atoms with Crippen molar-refractivity contribution in [1.29, 1.82) is 0 Å². The van der Waals surface area contributed by atoms with Gasteiger partial charge < -0.3 is 9.62 Å². The summed E-state index contributed by atoms with van der Waals surface area (Å²) in [6.45, 7) is 21.2. The Morgan fingerprint density at radius 3 is 1.54 bits per heavy atom. The highest BCUT2D eigenvalue weighted by molar-refractivity contribution is 5.91. The van der Waals surface area contributed by atoms with E-state index in [1.807, 2.05) is 39.0 Å². The summed E-state index contributed by atoms with van der Waals surface area (Å²) >= 11 is 0. The molecular formula is C48H50O4. The van der Waals surface area contributed by atoms with E-state index in [4.69, 9.17) is 14.5 Å². The van der Waals surface area contributed by atoms with Crippen LogP contribution in [0.5, 0.6) is 11.5 Å². The van der Waals surface area contributed by atoms with E-state index in [-0.39, 0.29) is 5.97 Å². The normalized spacial score (nSPS) is 10.7. The van der Waals surface area contributed by atoms with E-state index in [2.05, 4.69) is 115 Å². The fourth-order valence-electron chi connectivity index (χ4n) is 5.87. The zero-order chi connectivity index (χ0) is 37.5. The van der Waals surface area contributed by atoms with Gasteiger partial charge in [-0.1, -0.05) is 78.9 Å². The number of ether oxygens (including phenoxy) is 1. The molecule has 0 heterocycles. The molecule has 4 nitrogen and oxygen atoms in total. The van der Waals surface area contributed by atoms with Crippen molar-refractivity contribution in [3.63, 3.8) is 0 Å². The number of rotatable bonds is 8. The van der Waals surface area contributed by atoms with Crippen LogP contribution in [0.25, 0.3) is 22.3 Å². The van der Waals surface area contributed by atoms with Gasteiger partial charge >= 0.3 is 5.97 Å². The number of carbonyl (C=O) groups is 1. The fraction of sp³-hybridized carbons (Fsp3) is 0.229. The molecule has 0 aliphatic heterocycles. The van der Waals surface area contributed by atoms with Crippen molar-refractivity contribution in [2.75, 3.05) is 0 Å². The molecule has 0 unspecified atom stereocenters. The van der Waals surface area contributed by atoms with Gasteiger partial charge in [0.15, 0.2) is 5.75 Å². The van der Waals surface area contributed by atoms with Crippen molar-refractivity contribution in [3.05, 3.63) is 176 Å². The minimum atomic E-state index is -0.379. The van der Waals surface area contributed by atoms with Gasteiger partial charge in [0.2, 0.25) is 0 Å². The molecule has 0 bridgehead atoms. The molecule has 0 N–H and O–H groups in total. The largest absolute Gasteiger partial charge is 0.423 e. The molecule has 266 valence electrons. The minimum absolute atomic E-state index is 0.351. The smallest absolute Gasteiger partial charge is 0.343 e. The van der Waals surface area contributed by atoms with E-state index in [1.54, 1.807) is 24.3 Å². The van der Waals surface area contributed by atoms with Gasteiger partial charge in [0.05, 0.1) is 5.56 Å². The lowest BCUT2D eigenvalue weighted by Crippen LogP contribution is -2.10. The molecule has 0 fully saturated rings. The van der Waals surface area contributed by atoms with Gasteiger partial charge in [-0.05, 0) is 183 Å². The van der Waals surface area contributed by atoms with E-state index >= 15 is 0 Å². The van der Waals surface area contributed by atoms with Crippen molar-refractivity contribution in [2.24, 2.45) is 0 Å². The van der Waals surface area contributed by atoms with Crippen LogP contribution in [-0.4, -0.2) is 5.97 Å². The highest BCUT2D eigenvalue weighted by Crippen LogP contribution is 2.31. The van der Waals surface area contributed by atoms with Crippen LogP contribution < -0.4 is 9.62 Å². The topological polar surface area (TPSA) is 44.8 Å². The molecule has 52 heavy (non-hydrogen) atoms. The van der Waals surface area contributed by atoms with Crippen molar-refractivity contribution in [2.45, 2.75) is 75.8 Å². The maximum Gasteiger partial charge on any atom is 0.343 e. The lowest BCUT2D eigenvalue weighted by molar-refractivity contribution is -0.217. The molecule has 0 atom stereocenters. The number of benzene rings is 6. The summed E-state index contributed by atoms with van der Waals surface area (Å²) in [4.78, 5) is 23.2. The molecule has 0 radical (unpaired) electrons. The molecule has 0 spiro atoms. The SMILES string of the molecule is Cc1ccc(-c2ccc(-c3ccc(C)c(C)c3)c(C)c2)cc1C.Cc1ccc(COOc2ccc(OC(=O)c3ccc(C)c(C)c3)c(C)c2)cc1C. The molecule has 6 aromatic rings. The van der Waals surface area contributed by atoms with Crippen molar-refractivity contribution in [1.82, 2.24) is 0 Å². The third-order valence-electron chi connectivity index (χ3n) is 9.93. The minimum Gasteiger partial charge on any atom is -0.423 e. The Balaban J connectivity index is 0.000000206. The average Bonchev–Trinajstić information content (AvgIpc) is 3.11. The quantitative estimate of drug-likeness (QED) is 0.0690. The van der Waals surface area contributed by atoms with Gasteiger partial charge in [0, 0.05) is 0 Å². The summed E-state index contributed by atoms with van der Waals surface area (Å²) in [7, 11) is 0. The zero-order valence-electron chi connectivity index (χ0n) is 32.2. The highest BCUT2D eigenvalue weighted by atomic mass is 17.2. The average molecular weight is 691 g/mol. The molecule has 0 saturated heterocycles. The molecule has 0 aliphatic carbocycles. The number of hydrogen-bond donors (Lipinski definition) is 0.